The van der Waals surface area contributed by atoms with Gasteiger partial charge in [0.05, 0.1) is 19.1 Å². The molecule has 7 nitrogen and oxygen atoms in total. The Balaban J connectivity index is 1.38. The minimum atomic E-state index is -0.853. The SMILES string of the molecule is Cc1ccc(OCCC(=O)NC(CN2CCCC2)C(O)c2ccc3c(c2)OCCO3)cc1. The number of hydrogen-bond donors (Lipinski definition) is 2. The zero-order chi connectivity index (χ0) is 22.3. The van der Waals surface area contributed by atoms with Crippen LogP contribution in [0.3, 0.4) is 0 Å². The van der Waals surface area contributed by atoms with Crippen molar-refractivity contribution in [1.82, 2.24) is 10.2 Å². The van der Waals surface area contributed by atoms with E-state index in [9.17, 15) is 9.90 Å². The molecule has 4 rings (SSSR count). The Kier molecular flexibility index (Phi) is 7.50. The zero-order valence-electron chi connectivity index (χ0n) is 18.6. The summed E-state index contributed by atoms with van der Waals surface area (Å²) in [4.78, 5) is 15.0. The standard InChI is InChI=1S/C25H32N2O5/c1-18-4-7-20(8-5-18)30-13-10-24(28)26-21(17-27-11-2-3-12-27)25(29)19-6-9-22-23(16-19)32-15-14-31-22/h4-9,16,21,25,29H,2-3,10-15,17H2,1H3,(H,26,28). The number of likely N-dealkylation sites (tertiary alicyclic amines) is 1. The van der Waals surface area contributed by atoms with Crippen molar-refractivity contribution in [3.63, 3.8) is 0 Å². The summed E-state index contributed by atoms with van der Waals surface area (Å²) in [5.74, 6) is 1.91. The summed E-state index contributed by atoms with van der Waals surface area (Å²) >= 11 is 0. The lowest BCUT2D eigenvalue weighted by atomic mass is 10.0. The van der Waals surface area contributed by atoms with Crippen molar-refractivity contribution < 1.29 is 24.1 Å². The molecule has 2 atom stereocenters. The highest BCUT2D eigenvalue weighted by molar-refractivity contribution is 5.76. The first kappa shape index (κ1) is 22.4. The van der Waals surface area contributed by atoms with E-state index in [-0.39, 0.29) is 18.9 Å². The van der Waals surface area contributed by atoms with Crippen LogP contribution in [-0.4, -0.2) is 61.4 Å². The Bertz CT molecular complexity index is 896. The lowest BCUT2D eigenvalue weighted by molar-refractivity contribution is -0.123. The summed E-state index contributed by atoms with van der Waals surface area (Å²) in [6.07, 6.45) is 1.66. The Morgan fingerprint density at radius 2 is 1.81 bits per heavy atom. The number of hydrogen-bond acceptors (Lipinski definition) is 6. The van der Waals surface area contributed by atoms with Crippen LogP contribution in [-0.2, 0) is 4.79 Å². The Labute approximate surface area is 189 Å². The number of aliphatic hydroxyl groups is 1. The second-order valence-corrected chi connectivity index (χ2v) is 8.44. The fraction of sp³-hybridized carbons (Fsp3) is 0.480. The van der Waals surface area contributed by atoms with Gasteiger partial charge in [0.25, 0.3) is 0 Å². The van der Waals surface area contributed by atoms with Crippen molar-refractivity contribution in [3.05, 3.63) is 53.6 Å². The van der Waals surface area contributed by atoms with Gasteiger partial charge in [0, 0.05) is 6.54 Å². The van der Waals surface area contributed by atoms with Crippen molar-refractivity contribution in [3.8, 4) is 17.2 Å². The average molecular weight is 441 g/mol. The average Bonchev–Trinajstić information content (AvgIpc) is 3.32. The summed E-state index contributed by atoms with van der Waals surface area (Å²) in [5.41, 5.74) is 1.86. The number of amides is 1. The number of rotatable bonds is 9. The predicted octanol–water partition coefficient (Wildman–Crippen LogP) is 2.85. The molecule has 7 heteroatoms. The number of aliphatic hydroxyl groups excluding tert-OH is 1. The van der Waals surface area contributed by atoms with Gasteiger partial charge < -0.3 is 29.5 Å². The molecule has 0 aromatic heterocycles. The van der Waals surface area contributed by atoms with Crippen LogP contribution in [0.1, 0.15) is 36.5 Å². The fourth-order valence-corrected chi connectivity index (χ4v) is 4.12. The third kappa shape index (κ3) is 5.93. The first-order valence-electron chi connectivity index (χ1n) is 11.4. The molecule has 32 heavy (non-hydrogen) atoms. The molecule has 1 fully saturated rings. The van der Waals surface area contributed by atoms with E-state index in [4.69, 9.17) is 14.2 Å². The van der Waals surface area contributed by atoms with Crippen LogP contribution in [0.5, 0.6) is 17.2 Å². The number of fused-ring (bicyclic) bond motifs is 1. The Morgan fingerprint density at radius 3 is 2.56 bits per heavy atom. The van der Waals surface area contributed by atoms with Crippen molar-refractivity contribution in [2.75, 3.05) is 39.5 Å². The molecule has 0 saturated carbocycles. The molecule has 2 aliphatic heterocycles. The minimum Gasteiger partial charge on any atom is -0.493 e. The van der Waals surface area contributed by atoms with Crippen LogP contribution in [0.2, 0.25) is 0 Å². The molecule has 2 aliphatic rings. The third-order valence-corrected chi connectivity index (χ3v) is 5.91. The molecule has 0 bridgehead atoms. The largest absolute Gasteiger partial charge is 0.493 e. The first-order valence-corrected chi connectivity index (χ1v) is 11.4. The molecular weight excluding hydrogens is 408 g/mol. The normalized spacial score (nSPS) is 17.6. The summed E-state index contributed by atoms with van der Waals surface area (Å²) in [5, 5.41) is 14.2. The van der Waals surface area contributed by atoms with E-state index < -0.39 is 12.1 Å². The molecule has 1 saturated heterocycles. The minimum absolute atomic E-state index is 0.141. The maximum absolute atomic E-state index is 12.7. The number of carbonyl (C=O) groups is 1. The van der Waals surface area contributed by atoms with Crippen molar-refractivity contribution in [2.45, 2.75) is 38.3 Å². The van der Waals surface area contributed by atoms with Crippen LogP contribution in [0.4, 0.5) is 0 Å². The summed E-state index contributed by atoms with van der Waals surface area (Å²) in [6.45, 7) is 5.87. The fourth-order valence-electron chi connectivity index (χ4n) is 4.12. The van der Waals surface area contributed by atoms with Gasteiger partial charge in [-0.25, -0.2) is 0 Å². The van der Waals surface area contributed by atoms with Crippen molar-refractivity contribution in [1.29, 1.82) is 0 Å². The van der Waals surface area contributed by atoms with Crippen molar-refractivity contribution in [2.24, 2.45) is 0 Å². The molecule has 2 N–H and O–H groups in total. The monoisotopic (exact) mass is 440 g/mol. The second-order valence-electron chi connectivity index (χ2n) is 8.44. The quantitative estimate of drug-likeness (QED) is 0.624. The number of nitrogens with one attached hydrogen (secondary N) is 1. The Hall–Kier alpha value is -2.77. The van der Waals surface area contributed by atoms with Gasteiger partial charge in [-0.1, -0.05) is 23.8 Å². The molecule has 0 radical (unpaired) electrons. The summed E-state index contributed by atoms with van der Waals surface area (Å²) in [6, 6.07) is 12.8. The molecular formula is C25H32N2O5. The number of ether oxygens (including phenoxy) is 3. The van der Waals surface area contributed by atoms with Crippen LogP contribution < -0.4 is 19.5 Å². The molecule has 0 spiro atoms. The molecule has 1 amide bonds. The van der Waals surface area contributed by atoms with E-state index in [2.05, 4.69) is 10.2 Å². The number of nitrogens with zero attached hydrogens (tertiary/aromatic N) is 1. The van der Waals surface area contributed by atoms with Gasteiger partial charge in [-0.3, -0.25) is 4.79 Å². The zero-order valence-corrected chi connectivity index (χ0v) is 18.6. The molecule has 172 valence electrons. The van der Waals surface area contributed by atoms with E-state index >= 15 is 0 Å². The van der Waals surface area contributed by atoms with Gasteiger partial charge >= 0.3 is 0 Å². The number of benzene rings is 2. The highest BCUT2D eigenvalue weighted by Crippen LogP contribution is 2.33. The maximum Gasteiger partial charge on any atom is 0.223 e. The van der Waals surface area contributed by atoms with E-state index in [1.807, 2.05) is 49.4 Å². The van der Waals surface area contributed by atoms with E-state index in [1.54, 1.807) is 0 Å². The molecule has 2 aromatic rings. The van der Waals surface area contributed by atoms with Gasteiger partial charge in [0.15, 0.2) is 11.5 Å². The van der Waals surface area contributed by atoms with Crippen molar-refractivity contribution >= 4 is 5.91 Å². The van der Waals surface area contributed by atoms with Crippen LogP contribution >= 0.6 is 0 Å². The summed E-state index contributed by atoms with van der Waals surface area (Å²) in [7, 11) is 0. The van der Waals surface area contributed by atoms with Gasteiger partial charge in [-0.05, 0) is 62.7 Å². The second kappa shape index (κ2) is 10.7. The van der Waals surface area contributed by atoms with Gasteiger partial charge in [0.1, 0.15) is 25.1 Å². The first-order chi connectivity index (χ1) is 15.6. The number of aryl methyl sites for hydroxylation is 1. The molecule has 2 unspecified atom stereocenters. The van der Waals surface area contributed by atoms with Gasteiger partial charge in [0.2, 0.25) is 5.91 Å². The maximum atomic E-state index is 12.7. The Morgan fingerprint density at radius 1 is 1.09 bits per heavy atom. The van der Waals surface area contributed by atoms with Crippen LogP contribution in [0.15, 0.2) is 42.5 Å². The topological polar surface area (TPSA) is 80.3 Å². The third-order valence-electron chi connectivity index (χ3n) is 5.91. The van der Waals surface area contributed by atoms with E-state index in [0.29, 0.717) is 36.8 Å². The highest BCUT2D eigenvalue weighted by Gasteiger charge is 2.27. The van der Waals surface area contributed by atoms with Gasteiger partial charge in [-0.15, -0.1) is 0 Å². The number of carbonyl (C=O) groups excluding carboxylic acids is 1. The van der Waals surface area contributed by atoms with Gasteiger partial charge in [-0.2, -0.15) is 0 Å². The summed E-state index contributed by atoms with van der Waals surface area (Å²) < 4.78 is 16.9. The van der Waals surface area contributed by atoms with Crippen LogP contribution in [0.25, 0.3) is 0 Å². The molecule has 2 heterocycles. The lowest BCUT2D eigenvalue weighted by Gasteiger charge is -2.29. The molecule has 2 aromatic carbocycles. The van der Waals surface area contributed by atoms with Crippen LogP contribution in [0, 0.1) is 6.92 Å². The smallest absolute Gasteiger partial charge is 0.223 e. The predicted molar refractivity (Wildman–Crippen MR) is 121 cm³/mol. The van der Waals surface area contributed by atoms with E-state index in [1.165, 1.54) is 0 Å². The molecule has 0 aliphatic carbocycles. The van der Waals surface area contributed by atoms with E-state index in [0.717, 1.165) is 37.2 Å². The highest BCUT2D eigenvalue weighted by atomic mass is 16.6. The lowest BCUT2D eigenvalue weighted by Crippen LogP contribution is -2.47.